The van der Waals surface area contributed by atoms with Crippen molar-refractivity contribution >= 4 is 17.7 Å². The van der Waals surface area contributed by atoms with E-state index in [0.29, 0.717) is 5.75 Å². The van der Waals surface area contributed by atoms with Gasteiger partial charge in [-0.3, -0.25) is 10.0 Å². The van der Waals surface area contributed by atoms with Gasteiger partial charge in [0.15, 0.2) is 6.61 Å². The maximum absolute atomic E-state index is 11.3. The highest BCUT2D eigenvalue weighted by molar-refractivity contribution is 5.78. The van der Waals surface area contributed by atoms with E-state index < -0.39 is 18.7 Å². The van der Waals surface area contributed by atoms with Crippen LogP contribution in [0, 0.1) is 0 Å². The van der Waals surface area contributed by atoms with Crippen LogP contribution in [0.25, 0.3) is 0 Å². The summed E-state index contributed by atoms with van der Waals surface area (Å²) in [5.41, 5.74) is 2.41. The molecule has 1 aromatic carbocycles. The molecule has 1 aromatic rings. The minimum Gasteiger partial charge on any atom is -0.424 e. The van der Waals surface area contributed by atoms with Crippen molar-refractivity contribution in [2.45, 2.75) is 26.7 Å². The van der Waals surface area contributed by atoms with Crippen LogP contribution >= 0.6 is 0 Å². The predicted octanol–water partition coefficient (Wildman–Crippen LogP) is 2.33. The van der Waals surface area contributed by atoms with E-state index in [9.17, 15) is 9.59 Å². The van der Waals surface area contributed by atoms with Gasteiger partial charge in [0.2, 0.25) is 0 Å². The molecule has 122 valence electrons. The highest BCUT2D eigenvalue weighted by atomic mass is 16.7. The van der Waals surface area contributed by atoms with Crippen molar-refractivity contribution in [1.82, 2.24) is 5.48 Å². The van der Waals surface area contributed by atoms with Crippen LogP contribution in [0.1, 0.15) is 26.7 Å². The molecule has 0 aliphatic heterocycles. The van der Waals surface area contributed by atoms with E-state index in [4.69, 9.17) is 9.94 Å². The number of carbonyl (C=O) groups excluding carboxylic acids is 2. The first-order valence-electron chi connectivity index (χ1n) is 7.23. The largest absolute Gasteiger partial charge is 0.514 e. The van der Waals surface area contributed by atoms with Gasteiger partial charge in [-0.05, 0) is 37.1 Å². The summed E-state index contributed by atoms with van der Waals surface area (Å²) in [5.74, 6) is -0.506. The zero-order valence-corrected chi connectivity index (χ0v) is 12.9. The van der Waals surface area contributed by atoms with Crippen LogP contribution < -0.4 is 15.1 Å². The molecule has 0 saturated heterocycles. The van der Waals surface area contributed by atoms with E-state index >= 15 is 0 Å². The van der Waals surface area contributed by atoms with Gasteiger partial charge in [-0.1, -0.05) is 13.8 Å². The van der Waals surface area contributed by atoms with E-state index in [2.05, 4.69) is 23.5 Å². The molecule has 0 saturated carbocycles. The maximum atomic E-state index is 11.3. The molecule has 0 aliphatic carbocycles. The fourth-order valence-corrected chi connectivity index (χ4v) is 1.92. The molecule has 1 rings (SSSR count). The van der Waals surface area contributed by atoms with Gasteiger partial charge < -0.3 is 14.4 Å². The smallest absolute Gasteiger partial charge is 0.424 e. The van der Waals surface area contributed by atoms with Crippen LogP contribution in [0.4, 0.5) is 10.5 Å². The molecule has 22 heavy (non-hydrogen) atoms. The molecular weight excluding hydrogens is 288 g/mol. The van der Waals surface area contributed by atoms with Gasteiger partial charge in [-0.15, -0.1) is 0 Å². The van der Waals surface area contributed by atoms with Gasteiger partial charge >= 0.3 is 6.16 Å². The minimum absolute atomic E-state index is 0.325. The van der Waals surface area contributed by atoms with Crippen molar-refractivity contribution in [2.75, 3.05) is 24.6 Å². The number of nitrogens with zero attached hydrogens (tertiary/aromatic N) is 1. The predicted molar refractivity (Wildman–Crippen MR) is 81.1 cm³/mol. The normalized spacial score (nSPS) is 9.95. The summed E-state index contributed by atoms with van der Waals surface area (Å²) < 4.78 is 9.43. The minimum atomic E-state index is -1.00. The molecule has 0 bridgehead atoms. The van der Waals surface area contributed by atoms with E-state index in [1.54, 1.807) is 12.1 Å². The Bertz CT molecular complexity index is 469. The lowest BCUT2D eigenvalue weighted by molar-refractivity contribution is -0.132. The lowest BCUT2D eigenvalue weighted by atomic mass is 10.2. The first kappa shape index (κ1) is 17.8. The SMILES string of the molecule is CCCN(CCC)c1ccc(OC(=O)OCC(=O)NO)cc1. The van der Waals surface area contributed by atoms with Crippen molar-refractivity contribution in [3.63, 3.8) is 0 Å². The van der Waals surface area contributed by atoms with E-state index in [1.807, 2.05) is 12.1 Å². The summed E-state index contributed by atoms with van der Waals surface area (Å²) >= 11 is 0. The van der Waals surface area contributed by atoms with Crippen LogP contribution in [-0.4, -0.2) is 37.0 Å². The number of anilines is 1. The Balaban J connectivity index is 2.56. The van der Waals surface area contributed by atoms with Crippen molar-refractivity contribution in [2.24, 2.45) is 0 Å². The first-order chi connectivity index (χ1) is 10.6. The van der Waals surface area contributed by atoms with Crippen LogP contribution in [0.2, 0.25) is 0 Å². The highest BCUT2D eigenvalue weighted by Gasteiger charge is 2.10. The second kappa shape index (κ2) is 9.62. The molecule has 0 radical (unpaired) electrons. The zero-order valence-electron chi connectivity index (χ0n) is 12.9. The van der Waals surface area contributed by atoms with Crippen molar-refractivity contribution < 1.29 is 24.3 Å². The van der Waals surface area contributed by atoms with Crippen molar-refractivity contribution in [3.05, 3.63) is 24.3 Å². The molecule has 0 unspecified atom stereocenters. The standard InChI is InChI=1S/C15H22N2O5/c1-3-9-17(10-4-2)12-5-7-13(8-6-12)22-15(19)21-11-14(18)16-20/h5-8,20H,3-4,9-11H2,1-2H3,(H,16,18). The number of hydroxylamine groups is 1. The number of amides is 1. The van der Waals surface area contributed by atoms with Gasteiger partial charge in [0.1, 0.15) is 5.75 Å². The number of nitrogens with one attached hydrogen (secondary N) is 1. The molecule has 0 aliphatic rings. The average molecular weight is 310 g/mol. The average Bonchev–Trinajstić information content (AvgIpc) is 2.53. The Hall–Kier alpha value is -2.28. The molecule has 7 nitrogen and oxygen atoms in total. The van der Waals surface area contributed by atoms with Crippen LogP contribution in [0.3, 0.4) is 0 Å². The van der Waals surface area contributed by atoms with Gasteiger partial charge in [0, 0.05) is 18.8 Å². The third-order valence-electron chi connectivity index (χ3n) is 2.84. The molecular formula is C15H22N2O5. The zero-order chi connectivity index (χ0) is 16.4. The fourth-order valence-electron chi connectivity index (χ4n) is 1.92. The lowest BCUT2D eigenvalue weighted by Crippen LogP contribution is -2.26. The lowest BCUT2D eigenvalue weighted by Gasteiger charge is -2.23. The molecule has 1 amide bonds. The summed E-state index contributed by atoms with van der Waals surface area (Å²) in [6.45, 7) is 5.57. The monoisotopic (exact) mass is 310 g/mol. The molecule has 0 atom stereocenters. The van der Waals surface area contributed by atoms with Gasteiger partial charge in [-0.25, -0.2) is 10.3 Å². The highest BCUT2D eigenvalue weighted by Crippen LogP contribution is 2.20. The Morgan fingerprint density at radius 1 is 1.14 bits per heavy atom. The van der Waals surface area contributed by atoms with Crippen LogP contribution in [-0.2, 0) is 9.53 Å². The Morgan fingerprint density at radius 3 is 2.23 bits per heavy atom. The van der Waals surface area contributed by atoms with Gasteiger partial charge in [-0.2, -0.15) is 0 Å². The van der Waals surface area contributed by atoms with Gasteiger partial charge in [0.05, 0.1) is 0 Å². The van der Waals surface area contributed by atoms with Gasteiger partial charge in [0.25, 0.3) is 5.91 Å². The molecule has 0 aromatic heterocycles. The number of ether oxygens (including phenoxy) is 2. The Kier molecular flexibility index (Phi) is 7.77. The van der Waals surface area contributed by atoms with Crippen LogP contribution in [0.15, 0.2) is 24.3 Å². The third kappa shape index (κ3) is 6.01. The number of hydrogen-bond donors (Lipinski definition) is 2. The quantitative estimate of drug-likeness (QED) is 0.331. The number of benzene rings is 1. The first-order valence-corrected chi connectivity index (χ1v) is 7.23. The second-order valence-corrected chi connectivity index (χ2v) is 4.66. The number of rotatable bonds is 8. The topological polar surface area (TPSA) is 88.1 Å². The summed E-state index contributed by atoms with van der Waals surface area (Å²) in [7, 11) is 0. The maximum Gasteiger partial charge on any atom is 0.514 e. The van der Waals surface area contributed by atoms with Crippen molar-refractivity contribution in [1.29, 1.82) is 0 Å². The molecule has 2 N–H and O–H groups in total. The van der Waals surface area contributed by atoms with Crippen molar-refractivity contribution in [3.8, 4) is 5.75 Å². The van der Waals surface area contributed by atoms with E-state index in [0.717, 1.165) is 31.6 Å². The summed E-state index contributed by atoms with van der Waals surface area (Å²) in [6.07, 6.45) is 1.10. The molecule has 0 heterocycles. The number of carbonyl (C=O) groups is 2. The van der Waals surface area contributed by atoms with E-state index in [-0.39, 0.29) is 0 Å². The molecule has 7 heteroatoms. The van der Waals surface area contributed by atoms with Crippen LogP contribution in [0.5, 0.6) is 5.75 Å². The second-order valence-electron chi connectivity index (χ2n) is 4.66. The fraction of sp³-hybridized carbons (Fsp3) is 0.467. The summed E-state index contributed by atoms with van der Waals surface area (Å²) in [5, 5.41) is 8.27. The molecule has 0 spiro atoms. The van der Waals surface area contributed by atoms with E-state index in [1.165, 1.54) is 5.48 Å². The Labute approximate surface area is 129 Å². The summed E-state index contributed by atoms with van der Waals surface area (Å²) in [6, 6.07) is 7.07. The Morgan fingerprint density at radius 2 is 1.73 bits per heavy atom. The third-order valence-corrected chi connectivity index (χ3v) is 2.84. The summed E-state index contributed by atoms with van der Waals surface area (Å²) in [4.78, 5) is 24.3. The molecule has 0 fully saturated rings. The number of hydrogen-bond acceptors (Lipinski definition) is 6.